The predicted molar refractivity (Wildman–Crippen MR) is 104 cm³/mol. The summed E-state index contributed by atoms with van der Waals surface area (Å²) in [6.07, 6.45) is 1.19. The molecule has 0 saturated carbocycles. The van der Waals surface area contributed by atoms with Crippen molar-refractivity contribution in [2.75, 3.05) is 25.0 Å². The molecule has 0 spiro atoms. The van der Waals surface area contributed by atoms with E-state index in [2.05, 4.69) is 10.3 Å². The number of nitrogens with one attached hydrogen (secondary N) is 2. The molecule has 2 N–H and O–H groups in total. The van der Waals surface area contributed by atoms with Crippen LogP contribution in [0.15, 0.2) is 46.3 Å². The van der Waals surface area contributed by atoms with Crippen LogP contribution in [0, 0.1) is 17.6 Å². The molecule has 0 fully saturated rings. The molecule has 3 rings (SSSR count). The second kappa shape index (κ2) is 8.67. The standard InChI is InChI=1S/C19H17F2N3O5S/c1-29-7-6-22-19(26)14-10-23-16-5-3-12(9-13(16)18(14)25)30(27,28)24-17-4-2-11(20)8-15(17)21/h2-5,8-10,14,24H,6-7H2,1H3,(H,22,26). The van der Waals surface area contributed by atoms with Gasteiger partial charge in [0.1, 0.15) is 17.6 Å². The smallest absolute Gasteiger partial charge is 0.262 e. The Morgan fingerprint density at radius 1 is 1.20 bits per heavy atom. The number of benzene rings is 2. The van der Waals surface area contributed by atoms with E-state index in [0.717, 1.165) is 18.2 Å². The highest BCUT2D eigenvalue weighted by molar-refractivity contribution is 7.92. The molecule has 2 aromatic rings. The highest BCUT2D eigenvalue weighted by Gasteiger charge is 2.32. The van der Waals surface area contributed by atoms with E-state index in [9.17, 15) is 26.8 Å². The minimum Gasteiger partial charge on any atom is -0.383 e. The molecule has 30 heavy (non-hydrogen) atoms. The highest BCUT2D eigenvalue weighted by Crippen LogP contribution is 2.30. The first-order valence-electron chi connectivity index (χ1n) is 8.70. The summed E-state index contributed by atoms with van der Waals surface area (Å²) in [4.78, 5) is 28.6. The van der Waals surface area contributed by atoms with Crippen molar-refractivity contribution < 1.29 is 31.5 Å². The van der Waals surface area contributed by atoms with E-state index in [1.54, 1.807) is 0 Å². The molecule has 0 saturated heterocycles. The van der Waals surface area contributed by atoms with Gasteiger partial charge in [-0.25, -0.2) is 17.2 Å². The topological polar surface area (TPSA) is 114 Å². The van der Waals surface area contributed by atoms with Crippen LogP contribution in [0.3, 0.4) is 0 Å². The van der Waals surface area contributed by atoms with Gasteiger partial charge < -0.3 is 10.1 Å². The summed E-state index contributed by atoms with van der Waals surface area (Å²) in [7, 11) is -2.83. The number of methoxy groups -OCH3 is 1. The van der Waals surface area contributed by atoms with Gasteiger partial charge in [-0.1, -0.05) is 0 Å². The SMILES string of the molecule is COCCNC(=O)C1C=Nc2ccc(S(=O)(=O)Nc3ccc(F)cc3F)cc2C1=O. The zero-order chi connectivity index (χ0) is 21.9. The maximum Gasteiger partial charge on any atom is 0.262 e. The number of sulfonamides is 1. The van der Waals surface area contributed by atoms with Gasteiger partial charge >= 0.3 is 0 Å². The number of aliphatic imine (C=N–C) groups is 1. The van der Waals surface area contributed by atoms with Crippen LogP contribution in [0.25, 0.3) is 0 Å². The number of carbonyl (C=O) groups is 2. The Kier molecular flexibility index (Phi) is 6.22. The number of hydrogen-bond acceptors (Lipinski definition) is 6. The Morgan fingerprint density at radius 3 is 2.67 bits per heavy atom. The number of ketones is 1. The number of Topliss-reactive ketones (excluding diaryl/α,β-unsaturated/α-hetero) is 1. The highest BCUT2D eigenvalue weighted by atomic mass is 32.2. The molecule has 0 bridgehead atoms. The van der Waals surface area contributed by atoms with Crippen LogP contribution in [0.2, 0.25) is 0 Å². The monoisotopic (exact) mass is 437 g/mol. The van der Waals surface area contributed by atoms with Gasteiger partial charge in [0.15, 0.2) is 5.78 Å². The number of fused-ring (bicyclic) bond motifs is 1. The molecule has 1 heterocycles. The van der Waals surface area contributed by atoms with Crippen LogP contribution < -0.4 is 10.0 Å². The maximum atomic E-state index is 13.8. The summed E-state index contributed by atoms with van der Waals surface area (Å²) >= 11 is 0. The van der Waals surface area contributed by atoms with E-state index in [1.165, 1.54) is 25.5 Å². The summed E-state index contributed by atoms with van der Waals surface area (Å²) in [6.45, 7) is 0.454. The average molecular weight is 437 g/mol. The van der Waals surface area contributed by atoms with Crippen molar-refractivity contribution in [3.63, 3.8) is 0 Å². The number of halogens is 2. The van der Waals surface area contributed by atoms with Crippen LogP contribution in [0.5, 0.6) is 0 Å². The lowest BCUT2D eigenvalue weighted by molar-refractivity contribution is -0.122. The molecule has 0 aromatic heterocycles. The van der Waals surface area contributed by atoms with E-state index in [-0.39, 0.29) is 29.3 Å². The second-order valence-electron chi connectivity index (χ2n) is 6.31. The zero-order valence-electron chi connectivity index (χ0n) is 15.7. The number of hydrogen-bond donors (Lipinski definition) is 2. The fourth-order valence-electron chi connectivity index (χ4n) is 2.73. The Balaban J connectivity index is 1.86. The van der Waals surface area contributed by atoms with Crippen molar-refractivity contribution in [3.05, 3.63) is 53.6 Å². The Bertz CT molecular complexity index is 1130. The Hall–Kier alpha value is -3.18. The molecule has 2 aromatic carbocycles. The van der Waals surface area contributed by atoms with Crippen LogP contribution in [0.1, 0.15) is 10.4 Å². The van der Waals surface area contributed by atoms with Crippen molar-refractivity contribution >= 4 is 39.3 Å². The van der Waals surface area contributed by atoms with Crippen molar-refractivity contribution in [1.29, 1.82) is 0 Å². The van der Waals surface area contributed by atoms with Crippen LogP contribution in [0.4, 0.5) is 20.2 Å². The lowest BCUT2D eigenvalue weighted by Gasteiger charge is -2.18. The van der Waals surface area contributed by atoms with Crippen molar-refractivity contribution in [3.8, 4) is 0 Å². The van der Waals surface area contributed by atoms with Crippen molar-refractivity contribution in [2.45, 2.75) is 4.90 Å². The van der Waals surface area contributed by atoms with E-state index >= 15 is 0 Å². The third-order valence-electron chi connectivity index (χ3n) is 4.25. The molecule has 1 amide bonds. The Labute approximate surface area is 171 Å². The number of ether oxygens (including phenoxy) is 1. The molecule has 11 heteroatoms. The zero-order valence-corrected chi connectivity index (χ0v) is 16.5. The average Bonchev–Trinajstić information content (AvgIpc) is 2.70. The molecule has 1 unspecified atom stereocenters. The molecular weight excluding hydrogens is 420 g/mol. The molecule has 0 radical (unpaired) electrons. The fourth-order valence-corrected chi connectivity index (χ4v) is 3.82. The fraction of sp³-hybridized carbons (Fsp3) is 0.211. The number of carbonyl (C=O) groups excluding carboxylic acids is 2. The minimum absolute atomic E-state index is 0.0631. The third kappa shape index (κ3) is 4.52. The molecule has 158 valence electrons. The maximum absolute atomic E-state index is 13.8. The van der Waals surface area contributed by atoms with Gasteiger partial charge in [-0.15, -0.1) is 0 Å². The van der Waals surface area contributed by atoms with Crippen LogP contribution >= 0.6 is 0 Å². The van der Waals surface area contributed by atoms with Gasteiger partial charge in [0, 0.05) is 31.5 Å². The lowest BCUT2D eigenvalue weighted by atomic mass is 9.94. The molecule has 1 atom stereocenters. The first-order valence-corrected chi connectivity index (χ1v) is 10.2. The number of nitrogens with zero attached hydrogens (tertiary/aromatic N) is 1. The largest absolute Gasteiger partial charge is 0.383 e. The van der Waals surface area contributed by atoms with Gasteiger partial charge in [0.05, 0.1) is 22.9 Å². The molecular formula is C19H17F2N3O5S. The second-order valence-corrected chi connectivity index (χ2v) is 7.99. The number of amides is 1. The van der Waals surface area contributed by atoms with E-state index < -0.39 is 45.0 Å². The summed E-state index contributed by atoms with van der Waals surface area (Å²) in [5, 5.41) is 2.52. The Morgan fingerprint density at radius 2 is 1.97 bits per heavy atom. The summed E-state index contributed by atoms with van der Waals surface area (Å²) in [6, 6.07) is 5.93. The van der Waals surface area contributed by atoms with Crippen molar-refractivity contribution in [2.24, 2.45) is 10.9 Å². The third-order valence-corrected chi connectivity index (χ3v) is 5.62. The van der Waals surface area contributed by atoms with Gasteiger partial charge in [-0.05, 0) is 30.3 Å². The summed E-state index contributed by atoms with van der Waals surface area (Å²) in [5.74, 6) is -4.38. The first-order chi connectivity index (χ1) is 14.2. The number of rotatable bonds is 7. The van der Waals surface area contributed by atoms with E-state index in [1.807, 2.05) is 4.72 Å². The minimum atomic E-state index is -4.29. The molecule has 1 aliphatic rings. The van der Waals surface area contributed by atoms with Gasteiger partial charge in [-0.2, -0.15) is 0 Å². The molecule has 0 aliphatic carbocycles. The lowest BCUT2D eigenvalue weighted by Crippen LogP contribution is -2.39. The summed E-state index contributed by atoms with van der Waals surface area (Å²) in [5.41, 5.74) is -0.312. The molecule has 8 nitrogen and oxygen atoms in total. The van der Waals surface area contributed by atoms with Crippen LogP contribution in [-0.4, -0.2) is 46.6 Å². The van der Waals surface area contributed by atoms with E-state index in [0.29, 0.717) is 6.07 Å². The normalized spacial score (nSPS) is 15.6. The predicted octanol–water partition coefficient (Wildman–Crippen LogP) is 2.04. The van der Waals surface area contributed by atoms with Gasteiger partial charge in [0.25, 0.3) is 10.0 Å². The summed E-state index contributed by atoms with van der Waals surface area (Å²) < 4.78 is 58.9. The molecule has 1 aliphatic heterocycles. The number of anilines is 1. The van der Waals surface area contributed by atoms with Crippen LogP contribution in [-0.2, 0) is 19.6 Å². The van der Waals surface area contributed by atoms with Crippen molar-refractivity contribution in [1.82, 2.24) is 5.32 Å². The van der Waals surface area contributed by atoms with Gasteiger partial charge in [-0.3, -0.25) is 19.3 Å². The first kappa shape index (κ1) is 21.5. The quantitative estimate of drug-likeness (QED) is 0.508. The van der Waals surface area contributed by atoms with Gasteiger partial charge in [0.2, 0.25) is 5.91 Å². The van der Waals surface area contributed by atoms with E-state index in [4.69, 9.17) is 4.74 Å².